The van der Waals surface area contributed by atoms with Crippen LogP contribution in [0.4, 0.5) is 0 Å². The molecule has 6 unspecified atom stereocenters. The highest BCUT2D eigenvalue weighted by Gasteiger charge is 2.47. The molecule has 21 heavy (non-hydrogen) atoms. The number of hydrogen-bond acceptors (Lipinski definition) is 3. The zero-order valence-electron chi connectivity index (χ0n) is 14.2. The van der Waals surface area contributed by atoms with E-state index < -0.39 is 0 Å². The lowest BCUT2D eigenvalue weighted by molar-refractivity contribution is -0.102. The van der Waals surface area contributed by atoms with E-state index in [0.717, 1.165) is 12.5 Å². The maximum atomic E-state index is 6.23. The molecule has 1 saturated carbocycles. The van der Waals surface area contributed by atoms with Crippen LogP contribution >= 0.6 is 0 Å². The highest BCUT2D eigenvalue weighted by Crippen LogP contribution is 2.46. The molecule has 2 saturated heterocycles. The zero-order chi connectivity index (χ0) is 15.0. The van der Waals surface area contributed by atoms with Crippen molar-refractivity contribution < 1.29 is 9.47 Å². The average Bonchev–Trinajstić information content (AvgIpc) is 3.00. The molecule has 0 radical (unpaired) electrons. The van der Waals surface area contributed by atoms with Crippen molar-refractivity contribution in [3.05, 3.63) is 0 Å². The fraction of sp³-hybridized carbons (Fsp3) is 1.00. The van der Waals surface area contributed by atoms with Crippen LogP contribution in [0.3, 0.4) is 0 Å². The molecule has 1 spiro atoms. The molecule has 3 rings (SSSR count). The molecule has 0 aromatic heterocycles. The van der Waals surface area contributed by atoms with Gasteiger partial charge in [0.05, 0.1) is 17.8 Å². The van der Waals surface area contributed by atoms with Crippen molar-refractivity contribution in [1.82, 2.24) is 5.32 Å². The van der Waals surface area contributed by atoms with Gasteiger partial charge in [-0.05, 0) is 58.4 Å². The summed E-state index contributed by atoms with van der Waals surface area (Å²) in [7, 11) is 2.14. The fourth-order valence-electron chi connectivity index (χ4n) is 5.40. The van der Waals surface area contributed by atoms with Gasteiger partial charge in [0.15, 0.2) is 0 Å². The number of nitrogens with one attached hydrogen (secondary N) is 1. The van der Waals surface area contributed by atoms with E-state index in [2.05, 4.69) is 33.1 Å². The molecule has 3 heteroatoms. The van der Waals surface area contributed by atoms with Crippen molar-refractivity contribution in [3.63, 3.8) is 0 Å². The van der Waals surface area contributed by atoms with E-state index in [1.165, 1.54) is 38.5 Å². The third-order valence-electron chi connectivity index (χ3n) is 6.62. The van der Waals surface area contributed by atoms with E-state index in [1.54, 1.807) is 0 Å². The fourth-order valence-corrected chi connectivity index (χ4v) is 5.40. The first-order chi connectivity index (χ1) is 10.1. The van der Waals surface area contributed by atoms with Gasteiger partial charge in [-0.2, -0.15) is 0 Å². The Hall–Kier alpha value is -0.120. The Morgan fingerprint density at radius 1 is 1.10 bits per heavy atom. The van der Waals surface area contributed by atoms with Gasteiger partial charge in [0.1, 0.15) is 0 Å². The molecule has 0 bridgehead atoms. The topological polar surface area (TPSA) is 30.5 Å². The zero-order valence-corrected chi connectivity index (χ0v) is 14.2. The predicted octanol–water partition coefficient (Wildman–Crippen LogP) is 3.37. The molecular formula is C18H33NO2. The Morgan fingerprint density at radius 2 is 1.81 bits per heavy atom. The summed E-state index contributed by atoms with van der Waals surface area (Å²) >= 11 is 0. The van der Waals surface area contributed by atoms with Gasteiger partial charge in [-0.1, -0.05) is 19.8 Å². The van der Waals surface area contributed by atoms with Crippen molar-refractivity contribution in [2.75, 3.05) is 13.7 Å². The van der Waals surface area contributed by atoms with Crippen LogP contribution in [0, 0.1) is 17.8 Å². The number of ether oxygens (including phenoxy) is 2. The van der Waals surface area contributed by atoms with E-state index in [-0.39, 0.29) is 5.60 Å². The first-order valence-electron chi connectivity index (χ1n) is 9.03. The number of hydrogen-bond donors (Lipinski definition) is 1. The van der Waals surface area contributed by atoms with E-state index >= 15 is 0 Å². The van der Waals surface area contributed by atoms with Crippen LogP contribution < -0.4 is 5.32 Å². The molecule has 6 atom stereocenters. The summed E-state index contributed by atoms with van der Waals surface area (Å²) in [6.07, 6.45) is 8.49. The highest BCUT2D eigenvalue weighted by atomic mass is 16.5. The quantitative estimate of drug-likeness (QED) is 0.866. The summed E-state index contributed by atoms with van der Waals surface area (Å²) in [6.45, 7) is 7.82. The molecular weight excluding hydrogens is 262 g/mol. The minimum atomic E-state index is 0.218. The third-order valence-corrected chi connectivity index (χ3v) is 6.62. The van der Waals surface area contributed by atoms with Gasteiger partial charge in [-0.3, -0.25) is 0 Å². The summed E-state index contributed by atoms with van der Waals surface area (Å²) < 4.78 is 12.3. The van der Waals surface area contributed by atoms with Crippen LogP contribution in [-0.2, 0) is 9.47 Å². The van der Waals surface area contributed by atoms with Crippen LogP contribution in [0.25, 0.3) is 0 Å². The predicted molar refractivity (Wildman–Crippen MR) is 85.4 cm³/mol. The van der Waals surface area contributed by atoms with E-state index in [4.69, 9.17) is 9.47 Å². The average molecular weight is 295 g/mol. The SMILES string of the molecule is CNC(C1CCOC2(CCCC2)C1)C1C(C)OC(C)C1C. The molecule has 0 aromatic rings. The Labute approximate surface area is 130 Å². The summed E-state index contributed by atoms with van der Waals surface area (Å²) in [6, 6.07) is 0.571. The maximum Gasteiger partial charge on any atom is 0.0685 e. The van der Waals surface area contributed by atoms with Gasteiger partial charge in [0.25, 0.3) is 0 Å². The summed E-state index contributed by atoms with van der Waals surface area (Å²) in [4.78, 5) is 0. The molecule has 2 aliphatic heterocycles. The van der Waals surface area contributed by atoms with Crippen LogP contribution in [-0.4, -0.2) is 37.5 Å². The van der Waals surface area contributed by atoms with Crippen LogP contribution in [0.5, 0.6) is 0 Å². The molecule has 1 aliphatic carbocycles. The first-order valence-corrected chi connectivity index (χ1v) is 9.03. The van der Waals surface area contributed by atoms with E-state index in [9.17, 15) is 0 Å². The molecule has 3 fully saturated rings. The van der Waals surface area contributed by atoms with Crippen molar-refractivity contribution >= 4 is 0 Å². The molecule has 1 N–H and O–H groups in total. The highest BCUT2D eigenvalue weighted by molar-refractivity contribution is 4.99. The first kappa shape index (κ1) is 15.8. The summed E-state index contributed by atoms with van der Waals surface area (Å²) in [5.74, 6) is 2.01. The van der Waals surface area contributed by atoms with Crippen molar-refractivity contribution in [1.29, 1.82) is 0 Å². The van der Waals surface area contributed by atoms with Crippen molar-refractivity contribution in [2.45, 2.75) is 83.1 Å². The normalized spacial score (nSPS) is 44.3. The van der Waals surface area contributed by atoms with Gasteiger partial charge in [-0.25, -0.2) is 0 Å². The van der Waals surface area contributed by atoms with E-state index in [1.807, 2.05) is 0 Å². The second-order valence-electron chi connectivity index (χ2n) is 7.79. The maximum absolute atomic E-state index is 6.23. The Balaban J connectivity index is 1.73. The lowest BCUT2D eigenvalue weighted by Crippen LogP contribution is -2.50. The van der Waals surface area contributed by atoms with Crippen LogP contribution in [0.15, 0.2) is 0 Å². The lowest BCUT2D eigenvalue weighted by atomic mass is 9.72. The third kappa shape index (κ3) is 2.89. The van der Waals surface area contributed by atoms with Crippen LogP contribution in [0.1, 0.15) is 59.3 Å². The van der Waals surface area contributed by atoms with Gasteiger partial charge in [-0.15, -0.1) is 0 Å². The summed E-state index contributed by atoms with van der Waals surface area (Å²) in [5.41, 5.74) is 0.218. The minimum absolute atomic E-state index is 0.218. The van der Waals surface area contributed by atoms with E-state index in [0.29, 0.717) is 30.1 Å². The Kier molecular flexibility index (Phi) is 4.63. The molecule has 0 amide bonds. The van der Waals surface area contributed by atoms with Gasteiger partial charge < -0.3 is 14.8 Å². The van der Waals surface area contributed by atoms with Gasteiger partial charge in [0.2, 0.25) is 0 Å². The van der Waals surface area contributed by atoms with Crippen LogP contribution in [0.2, 0.25) is 0 Å². The van der Waals surface area contributed by atoms with Gasteiger partial charge in [0, 0.05) is 18.6 Å². The molecule has 2 heterocycles. The molecule has 122 valence electrons. The monoisotopic (exact) mass is 295 g/mol. The summed E-state index contributed by atoms with van der Waals surface area (Å²) in [5, 5.41) is 3.67. The van der Waals surface area contributed by atoms with Crippen molar-refractivity contribution in [3.8, 4) is 0 Å². The van der Waals surface area contributed by atoms with Gasteiger partial charge >= 0.3 is 0 Å². The molecule has 3 aliphatic rings. The standard InChI is InChI=1S/C18H33NO2/c1-12-13(2)21-14(3)16(12)17(19-4)15-7-10-20-18(11-15)8-5-6-9-18/h12-17,19H,5-11H2,1-4H3. The smallest absolute Gasteiger partial charge is 0.0685 e. The second kappa shape index (κ2) is 6.17. The minimum Gasteiger partial charge on any atom is -0.375 e. The Morgan fingerprint density at radius 3 is 2.38 bits per heavy atom. The molecule has 0 aromatic carbocycles. The number of rotatable bonds is 3. The Bertz CT molecular complexity index is 353. The lowest BCUT2D eigenvalue weighted by Gasteiger charge is -2.44. The molecule has 3 nitrogen and oxygen atoms in total. The largest absolute Gasteiger partial charge is 0.375 e. The second-order valence-corrected chi connectivity index (χ2v) is 7.79. The van der Waals surface area contributed by atoms with Crippen molar-refractivity contribution in [2.24, 2.45) is 17.8 Å².